The number of guanidine groups is 1. The molecule has 1 aliphatic rings. The van der Waals surface area contributed by atoms with Crippen LogP contribution in [0, 0.1) is 5.92 Å². The molecule has 1 fully saturated rings. The normalized spacial score (nSPS) is 15.4. The predicted octanol–water partition coefficient (Wildman–Crippen LogP) is 2.34. The minimum Gasteiger partial charge on any atom is -0.450 e. The summed E-state index contributed by atoms with van der Waals surface area (Å²) in [6.07, 6.45) is 2.80. The van der Waals surface area contributed by atoms with E-state index < -0.39 is 0 Å². The first-order valence-corrected chi connectivity index (χ1v) is 8.56. The van der Waals surface area contributed by atoms with Gasteiger partial charge in [0.25, 0.3) is 0 Å². The molecule has 0 aromatic carbocycles. The molecular formula is C15H25IN4O2S. The molecule has 1 saturated carbocycles. The van der Waals surface area contributed by atoms with Crippen molar-refractivity contribution >= 4 is 47.4 Å². The van der Waals surface area contributed by atoms with E-state index >= 15 is 0 Å². The highest BCUT2D eigenvalue weighted by Gasteiger charge is 2.32. The van der Waals surface area contributed by atoms with Gasteiger partial charge in [0.1, 0.15) is 0 Å². The molecule has 1 amide bonds. The van der Waals surface area contributed by atoms with Crippen LogP contribution < -0.4 is 16.4 Å². The fraction of sp³-hybridized carbons (Fsp3) is 0.600. The summed E-state index contributed by atoms with van der Waals surface area (Å²) < 4.78 is 4.92. The van der Waals surface area contributed by atoms with Gasteiger partial charge in [-0.05, 0) is 43.6 Å². The number of nitrogens with one attached hydrogen (secondary N) is 2. The number of amides is 1. The lowest BCUT2D eigenvalue weighted by molar-refractivity contribution is 0.147. The van der Waals surface area contributed by atoms with E-state index in [4.69, 9.17) is 10.5 Å². The molecule has 1 heterocycles. The van der Waals surface area contributed by atoms with Gasteiger partial charge in [0.05, 0.1) is 19.2 Å². The Morgan fingerprint density at radius 1 is 1.57 bits per heavy atom. The summed E-state index contributed by atoms with van der Waals surface area (Å²) in [5.74, 6) is 0.917. The number of alkyl carbamates (subject to hydrolysis) is 1. The lowest BCUT2D eigenvalue weighted by atomic mass is 10.2. The van der Waals surface area contributed by atoms with Crippen LogP contribution in [-0.4, -0.2) is 37.8 Å². The van der Waals surface area contributed by atoms with E-state index in [2.05, 4.69) is 27.1 Å². The topological polar surface area (TPSA) is 88.7 Å². The van der Waals surface area contributed by atoms with E-state index in [1.165, 1.54) is 4.88 Å². The maximum atomic E-state index is 11.5. The van der Waals surface area contributed by atoms with E-state index in [9.17, 15) is 4.79 Å². The number of hydrogen-bond acceptors (Lipinski definition) is 4. The van der Waals surface area contributed by atoms with E-state index in [0.717, 1.165) is 25.8 Å². The molecule has 0 saturated heterocycles. The molecule has 0 aliphatic heterocycles. The summed E-state index contributed by atoms with van der Waals surface area (Å²) in [4.78, 5) is 17.2. The number of nitrogens with zero attached hydrogens (tertiary/aromatic N) is 1. The van der Waals surface area contributed by atoms with E-state index in [1.54, 1.807) is 18.3 Å². The largest absolute Gasteiger partial charge is 0.450 e. The van der Waals surface area contributed by atoms with E-state index in [1.807, 2.05) is 6.07 Å². The Balaban J connectivity index is 0.00000264. The van der Waals surface area contributed by atoms with Crippen LogP contribution in [0.4, 0.5) is 4.79 Å². The first-order chi connectivity index (χ1) is 10.7. The van der Waals surface area contributed by atoms with Crippen molar-refractivity contribution in [3.63, 3.8) is 0 Å². The summed E-state index contributed by atoms with van der Waals surface area (Å²) in [5.41, 5.74) is 5.87. The van der Waals surface area contributed by atoms with E-state index in [0.29, 0.717) is 25.0 Å². The molecular weight excluding hydrogens is 427 g/mol. The lowest BCUT2D eigenvalue weighted by Gasteiger charge is -2.16. The molecule has 0 bridgehead atoms. The standard InChI is InChI=1S/C15H24N4O2S.HI/c1-2-21-15(20)19-13(11-5-6-11)10-18-14(16)17-8-7-12-4-3-9-22-12;/h3-4,9,11,13H,2,5-8,10H2,1H3,(H,19,20)(H3,16,17,18);1H. The molecule has 0 radical (unpaired) electrons. The molecule has 1 aliphatic carbocycles. The predicted molar refractivity (Wildman–Crippen MR) is 105 cm³/mol. The molecule has 4 N–H and O–H groups in total. The number of rotatable bonds is 8. The van der Waals surface area contributed by atoms with Crippen molar-refractivity contribution in [2.75, 3.05) is 19.7 Å². The van der Waals surface area contributed by atoms with Gasteiger partial charge in [0.2, 0.25) is 0 Å². The van der Waals surface area contributed by atoms with Crippen molar-refractivity contribution in [1.82, 2.24) is 10.6 Å². The number of halogens is 1. The monoisotopic (exact) mass is 452 g/mol. The van der Waals surface area contributed by atoms with Crippen molar-refractivity contribution in [2.45, 2.75) is 32.2 Å². The summed E-state index contributed by atoms with van der Waals surface area (Å²) in [5, 5.41) is 8.03. The number of thiophene rings is 1. The lowest BCUT2D eigenvalue weighted by Crippen LogP contribution is -2.40. The Kier molecular flexibility index (Phi) is 9.30. The Morgan fingerprint density at radius 3 is 2.96 bits per heavy atom. The fourth-order valence-corrected chi connectivity index (χ4v) is 2.87. The number of ether oxygens (including phenoxy) is 1. The molecule has 1 aromatic heterocycles. The molecule has 1 atom stereocenters. The maximum Gasteiger partial charge on any atom is 0.407 e. The van der Waals surface area contributed by atoms with Gasteiger partial charge in [0, 0.05) is 11.4 Å². The van der Waals surface area contributed by atoms with Gasteiger partial charge in [-0.3, -0.25) is 4.99 Å². The van der Waals surface area contributed by atoms with Gasteiger partial charge in [-0.15, -0.1) is 35.3 Å². The van der Waals surface area contributed by atoms with Crippen LogP contribution >= 0.6 is 35.3 Å². The van der Waals surface area contributed by atoms with Crippen LogP contribution in [0.5, 0.6) is 0 Å². The van der Waals surface area contributed by atoms with Crippen molar-refractivity contribution < 1.29 is 9.53 Å². The highest BCUT2D eigenvalue weighted by Crippen LogP contribution is 2.32. The molecule has 0 spiro atoms. The van der Waals surface area contributed by atoms with Gasteiger partial charge in [-0.25, -0.2) is 4.79 Å². The fourth-order valence-electron chi connectivity index (χ4n) is 2.16. The second-order valence-electron chi connectivity index (χ2n) is 5.29. The smallest absolute Gasteiger partial charge is 0.407 e. The summed E-state index contributed by atoms with van der Waals surface area (Å²) in [7, 11) is 0. The summed E-state index contributed by atoms with van der Waals surface area (Å²) >= 11 is 1.73. The third-order valence-electron chi connectivity index (χ3n) is 3.49. The molecule has 1 unspecified atom stereocenters. The molecule has 8 heteroatoms. The number of nitrogens with two attached hydrogens (primary N) is 1. The van der Waals surface area contributed by atoms with Gasteiger partial charge in [0.15, 0.2) is 5.96 Å². The Morgan fingerprint density at radius 2 is 2.35 bits per heavy atom. The SMILES string of the molecule is CCOC(=O)NC(CN=C(N)NCCc1cccs1)C1CC1.I. The van der Waals surface area contributed by atoms with Crippen molar-refractivity contribution in [3.8, 4) is 0 Å². The van der Waals surface area contributed by atoms with Crippen molar-refractivity contribution in [1.29, 1.82) is 0 Å². The third-order valence-corrected chi connectivity index (χ3v) is 4.42. The van der Waals surface area contributed by atoms with Crippen LogP contribution in [0.3, 0.4) is 0 Å². The maximum absolute atomic E-state index is 11.5. The van der Waals surface area contributed by atoms with Crippen molar-refractivity contribution in [2.24, 2.45) is 16.6 Å². The highest BCUT2D eigenvalue weighted by atomic mass is 127. The van der Waals surface area contributed by atoms with Crippen LogP contribution in [0.1, 0.15) is 24.6 Å². The molecule has 130 valence electrons. The van der Waals surface area contributed by atoms with Gasteiger partial charge in [-0.2, -0.15) is 0 Å². The third kappa shape index (κ3) is 7.87. The highest BCUT2D eigenvalue weighted by molar-refractivity contribution is 14.0. The average molecular weight is 452 g/mol. The first kappa shape index (κ1) is 20.0. The van der Waals surface area contributed by atoms with Gasteiger partial charge < -0.3 is 21.1 Å². The number of hydrogen-bond donors (Lipinski definition) is 3. The first-order valence-electron chi connectivity index (χ1n) is 7.68. The number of carbonyl (C=O) groups is 1. The summed E-state index contributed by atoms with van der Waals surface area (Å²) in [6.45, 7) is 3.41. The zero-order valence-corrected chi connectivity index (χ0v) is 16.4. The summed E-state index contributed by atoms with van der Waals surface area (Å²) in [6, 6.07) is 4.15. The minimum atomic E-state index is -0.376. The van der Waals surface area contributed by atoms with Crippen LogP contribution in [0.25, 0.3) is 0 Å². The zero-order chi connectivity index (χ0) is 15.8. The van der Waals surface area contributed by atoms with E-state index in [-0.39, 0.29) is 36.1 Å². The number of aliphatic imine (C=N–C) groups is 1. The molecule has 6 nitrogen and oxygen atoms in total. The Hall–Kier alpha value is -1.03. The van der Waals surface area contributed by atoms with Gasteiger partial charge in [-0.1, -0.05) is 6.07 Å². The van der Waals surface area contributed by atoms with Crippen LogP contribution in [-0.2, 0) is 11.2 Å². The van der Waals surface area contributed by atoms with Crippen LogP contribution in [0.15, 0.2) is 22.5 Å². The Bertz CT molecular complexity index is 492. The van der Waals surface area contributed by atoms with Gasteiger partial charge >= 0.3 is 6.09 Å². The second kappa shape index (κ2) is 10.7. The average Bonchev–Trinajstić information content (AvgIpc) is 3.21. The Labute approximate surface area is 158 Å². The minimum absolute atomic E-state index is 0. The molecule has 2 rings (SSSR count). The van der Waals surface area contributed by atoms with Crippen LogP contribution in [0.2, 0.25) is 0 Å². The zero-order valence-electron chi connectivity index (χ0n) is 13.3. The molecule has 1 aromatic rings. The number of carbonyl (C=O) groups excluding carboxylic acids is 1. The quantitative estimate of drug-likeness (QED) is 0.321. The molecule has 23 heavy (non-hydrogen) atoms. The second-order valence-corrected chi connectivity index (χ2v) is 6.32. The van der Waals surface area contributed by atoms with Crippen molar-refractivity contribution in [3.05, 3.63) is 22.4 Å².